The molecule has 3 aromatic rings. The minimum atomic E-state index is 0.823. The number of imidazole rings is 1. The number of methoxy groups -OCH3 is 1. The Morgan fingerprint density at radius 3 is 2.95 bits per heavy atom. The van der Waals surface area contributed by atoms with Gasteiger partial charge in [0, 0.05) is 29.4 Å². The second-order valence-corrected chi connectivity index (χ2v) is 5.29. The van der Waals surface area contributed by atoms with Crippen molar-refractivity contribution in [1.29, 1.82) is 0 Å². The molecule has 0 radical (unpaired) electrons. The van der Waals surface area contributed by atoms with Crippen LogP contribution in [0.2, 0.25) is 0 Å². The van der Waals surface area contributed by atoms with Gasteiger partial charge in [-0.1, -0.05) is 28.1 Å². The fourth-order valence-electron chi connectivity index (χ4n) is 2.08. The Kier molecular flexibility index (Phi) is 3.25. The first-order valence-electron chi connectivity index (χ1n) is 6.01. The van der Waals surface area contributed by atoms with Crippen molar-refractivity contribution in [3.05, 3.63) is 64.5 Å². The second kappa shape index (κ2) is 5.05. The zero-order valence-corrected chi connectivity index (χ0v) is 12.1. The number of nitrogens with zero attached hydrogens (tertiary/aromatic N) is 2. The number of hydrogen-bond acceptors (Lipinski definition) is 2. The molecule has 0 aliphatic carbocycles. The Bertz CT molecular complexity index is 721. The van der Waals surface area contributed by atoms with E-state index >= 15 is 0 Å². The topological polar surface area (TPSA) is 26.5 Å². The Labute approximate surface area is 120 Å². The van der Waals surface area contributed by atoms with Crippen LogP contribution in [0.1, 0.15) is 11.3 Å². The summed E-state index contributed by atoms with van der Waals surface area (Å²) < 4.78 is 8.31. The van der Waals surface area contributed by atoms with E-state index in [1.807, 2.05) is 34.9 Å². The molecular weight excluding hydrogens is 304 g/mol. The minimum Gasteiger partial charge on any atom is -0.497 e. The van der Waals surface area contributed by atoms with Crippen LogP contribution in [0.5, 0.6) is 5.75 Å². The van der Waals surface area contributed by atoms with Gasteiger partial charge >= 0.3 is 0 Å². The highest BCUT2D eigenvalue weighted by Gasteiger charge is 2.04. The quantitative estimate of drug-likeness (QED) is 0.736. The maximum absolute atomic E-state index is 5.21. The highest BCUT2D eigenvalue weighted by molar-refractivity contribution is 9.10. The van der Waals surface area contributed by atoms with Crippen LogP contribution in [0, 0.1) is 0 Å². The van der Waals surface area contributed by atoms with Crippen molar-refractivity contribution in [2.45, 2.75) is 6.42 Å². The first-order valence-corrected chi connectivity index (χ1v) is 6.80. The van der Waals surface area contributed by atoms with Crippen molar-refractivity contribution in [2.24, 2.45) is 0 Å². The SMILES string of the molecule is COc1ccn2cc(Cc3cccc(Br)c3)nc2c1. The van der Waals surface area contributed by atoms with E-state index in [4.69, 9.17) is 4.74 Å². The normalized spacial score (nSPS) is 10.8. The highest BCUT2D eigenvalue weighted by atomic mass is 79.9. The molecule has 0 saturated heterocycles. The van der Waals surface area contributed by atoms with Gasteiger partial charge in [0.15, 0.2) is 0 Å². The van der Waals surface area contributed by atoms with Crippen LogP contribution in [-0.4, -0.2) is 16.5 Å². The molecule has 3 rings (SSSR count). The zero-order chi connectivity index (χ0) is 13.2. The fraction of sp³-hybridized carbons (Fsp3) is 0.133. The van der Waals surface area contributed by atoms with Gasteiger partial charge in [0.1, 0.15) is 11.4 Å². The average molecular weight is 317 g/mol. The third-order valence-corrected chi connectivity index (χ3v) is 3.48. The number of halogens is 1. The van der Waals surface area contributed by atoms with E-state index in [-0.39, 0.29) is 0 Å². The van der Waals surface area contributed by atoms with Crippen LogP contribution in [0.4, 0.5) is 0 Å². The number of rotatable bonds is 3. The van der Waals surface area contributed by atoms with Crippen molar-refractivity contribution in [1.82, 2.24) is 9.38 Å². The first kappa shape index (κ1) is 12.2. The molecule has 2 aromatic heterocycles. The average Bonchev–Trinajstić information content (AvgIpc) is 2.79. The number of ether oxygens (including phenoxy) is 1. The van der Waals surface area contributed by atoms with Gasteiger partial charge in [-0.15, -0.1) is 0 Å². The Hall–Kier alpha value is -1.81. The summed E-state index contributed by atoms with van der Waals surface area (Å²) >= 11 is 3.49. The molecule has 0 saturated carbocycles. The van der Waals surface area contributed by atoms with Gasteiger partial charge in [-0.25, -0.2) is 4.98 Å². The number of aromatic nitrogens is 2. The van der Waals surface area contributed by atoms with Crippen molar-refractivity contribution in [3.8, 4) is 5.75 Å². The predicted octanol–water partition coefficient (Wildman–Crippen LogP) is 3.70. The third kappa shape index (κ3) is 2.63. The van der Waals surface area contributed by atoms with Gasteiger partial charge in [0.25, 0.3) is 0 Å². The summed E-state index contributed by atoms with van der Waals surface area (Å²) in [5, 5.41) is 0. The highest BCUT2D eigenvalue weighted by Crippen LogP contribution is 2.17. The number of benzene rings is 1. The monoisotopic (exact) mass is 316 g/mol. The van der Waals surface area contributed by atoms with Crippen LogP contribution in [0.15, 0.2) is 53.3 Å². The van der Waals surface area contributed by atoms with E-state index in [2.05, 4.69) is 39.2 Å². The summed E-state index contributed by atoms with van der Waals surface area (Å²) in [5.41, 5.74) is 3.19. The Balaban J connectivity index is 1.93. The maximum Gasteiger partial charge on any atom is 0.140 e. The van der Waals surface area contributed by atoms with Gasteiger partial charge in [-0.2, -0.15) is 0 Å². The Morgan fingerprint density at radius 1 is 1.26 bits per heavy atom. The van der Waals surface area contributed by atoms with Crippen LogP contribution in [-0.2, 0) is 6.42 Å². The number of hydrogen-bond donors (Lipinski definition) is 0. The molecule has 1 aromatic carbocycles. The van der Waals surface area contributed by atoms with Crippen LogP contribution >= 0.6 is 15.9 Å². The summed E-state index contributed by atoms with van der Waals surface area (Å²) in [6.45, 7) is 0. The third-order valence-electron chi connectivity index (χ3n) is 2.99. The molecule has 0 aliphatic heterocycles. The summed E-state index contributed by atoms with van der Waals surface area (Å²) in [5.74, 6) is 0.826. The molecule has 19 heavy (non-hydrogen) atoms. The van der Waals surface area contributed by atoms with Gasteiger partial charge in [-0.3, -0.25) is 0 Å². The molecular formula is C15H13BrN2O. The van der Waals surface area contributed by atoms with Crippen molar-refractivity contribution in [2.75, 3.05) is 7.11 Å². The largest absolute Gasteiger partial charge is 0.497 e. The van der Waals surface area contributed by atoms with Gasteiger partial charge in [0.05, 0.1) is 12.8 Å². The zero-order valence-electron chi connectivity index (χ0n) is 10.5. The molecule has 0 unspecified atom stereocenters. The summed E-state index contributed by atoms with van der Waals surface area (Å²) in [6, 6.07) is 12.2. The molecule has 0 amide bonds. The van der Waals surface area contributed by atoms with Crippen molar-refractivity contribution < 1.29 is 4.74 Å². The lowest BCUT2D eigenvalue weighted by Crippen LogP contribution is -1.87. The first-order chi connectivity index (χ1) is 9.24. The van der Waals surface area contributed by atoms with E-state index in [1.165, 1.54) is 5.56 Å². The summed E-state index contributed by atoms with van der Waals surface area (Å²) in [6.07, 6.45) is 4.84. The maximum atomic E-state index is 5.21. The van der Waals surface area contributed by atoms with E-state index in [9.17, 15) is 0 Å². The molecule has 96 valence electrons. The van der Waals surface area contributed by atoms with Crippen LogP contribution < -0.4 is 4.74 Å². The van der Waals surface area contributed by atoms with E-state index < -0.39 is 0 Å². The van der Waals surface area contributed by atoms with Crippen molar-refractivity contribution >= 4 is 21.6 Å². The van der Waals surface area contributed by atoms with Crippen LogP contribution in [0.25, 0.3) is 5.65 Å². The second-order valence-electron chi connectivity index (χ2n) is 4.37. The molecule has 0 N–H and O–H groups in total. The lowest BCUT2D eigenvalue weighted by atomic mass is 10.1. The molecule has 0 aliphatic rings. The predicted molar refractivity (Wildman–Crippen MR) is 78.7 cm³/mol. The molecule has 4 heteroatoms. The standard InChI is InChI=1S/C15H13BrN2O/c1-19-14-5-6-18-10-13(17-15(18)9-14)8-11-3-2-4-12(16)7-11/h2-7,9-10H,8H2,1H3. The van der Waals surface area contributed by atoms with Crippen LogP contribution in [0.3, 0.4) is 0 Å². The van der Waals surface area contributed by atoms with Gasteiger partial charge < -0.3 is 9.14 Å². The number of pyridine rings is 1. The van der Waals surface area contributed by atoms with E-state index in [1.54, 1.807) is 7.11 Å². The number of fused-ring (bicyclic) bond motifs is 1. The smallest absolute Gasteiger partial charge is 0.140 e. The lowest BCUT2D eigenvalue weighted by molar-refractivity contribution is 0.414. The fourth-order valence-corrected chi connectivity index (χ4v) is 2.53. The molecule has 0 atom stereocenters. The minimum absolute atomic E-state index is 0.823. The molecule has 3 nitrogen and oxygen atoms in total. The van der Waals surface area contributed by atoms with Gasteiger partial charge in [-0.05, 0) is 23.8 Å². The van der Waals surface area contributed by atoms with E-state index in [0.717, 1.165) is 28.0 Å². The summed E-state index contributed by atoms with van der Waals surface area (Å²) in [7, 11) is 1.66. The molecule has 2 heterocycles. The van der Waals surface area contributed by atoms with Gasteiger partial charge in [0.2, 0.25) is 0 Å². The summed E-state index contributed by atoms with van der Waals surface area (Å²) in [4.78, 5) is 4.61. The molecule has 0 bridgehead atoms. The lowest BCUT2D eigenvalue weighted by Gasteiger charge is -1.98. The molecule has 0 spiro atoms. The van der Waals surface area contributed by atoms with E-state index in [0.29, 0.717) is 0 Å². The molecule has 0 fully saturated rings. The Morgan fingerprint density at radius 2 is 2.16 bits per heavy atom. The van der Waals surface area contributed by atoms with Crippen molar-refractivity contribution in [3.63, 3.8) is 0 Å².